The molecule has 0 saturated carbocycles. The molecule has 0 bridgehead atoms. The van der Waals surface area contributed by atoms with E-state index in [2.05, 4.69) is 4.98 Å². The molecule has 8 aromatic rings. The van der Waals surface area contributed by atoms with E-state index in [1.54, 1.807) is 10.9 Å². The van der Waals surface area contributed by atoms with Crippen molar-refractivity contribution >= 4 is 11.2 Å². The number of ether oxygens (including phenoxy) is 4. The number of fused-ring (bicyclic) bond motifs is 1. The van der Waals surface area contributed by atoms with Gasteiger partial charge in [0.1, 0.15) is 26.4 Å². The summed E-state index contributed by atoms with van der Waals surface area (Å²) in [6, 6.07) is 51.1. The number of benzene rings is 6. The number of hydrogen-bond acceptors (Lipinski definition) is 7. The van der Waals surface area contributed by atoms with Crippen LogP contribution < -0.4 is 30.2 Å². The molecule has 0 unspecified atom stereocenters. The second-order valence-corrected chi connectivity index (χ2v) is 13.9. The van der Waals surface area contributed by atoms with Crippen molar-refractivity contribution in [3.05, 3.63) is 218 Å². The van der Waals surface area contributed by atoms with E-state index in [0.717, 1.165) is 37.9 Å². The second kappa shape index (κ2) is 17.6. The van der Waals surface area contributed by atoms with Gasteiger partial charge in [-0.05, 0) is 57.6 Å². The molecule has 0 aliphatic carbocycles. The van der Waals surface area contributed by atoms with Crippen LogP contribution in [0.4, 0.5) is 0 Å². The van der Waals surface area contributed by atoms with Gasteiger partial charge in [0.2, 0.25) is 0 Å². The van der Waals surface area contributed by atoms with Gasteiger partial charge >= 0.3 is 5.69 Å². The van der Waals surface area contributed by atoms with Crippen molar-refractivity contribution in [2.75, 3.05) is 0 Å². The third-order valence-corrected chi connectivity index (χ3v) is 9.76. The zero-order valence-corrected chi connectivity index (χ0v) is 32.1. The number of nitrogens with zero attached hydrogens (tertiary/aromatic N) is 4. The lowest BCUT2D eigenvalue weighted by Crippen LogP contribution is -2.39. The van der Waals surface area contributed by atoms with Crippen LogP contribution in [0.25, 0.3) is 11.2 Å². The van der Waals surface area contributed by atoms with Crippen LogP contribution in [0.2, 0.25) is 0 Å². The van der Waals surface area contributed by atoms with Gasteiger partial charge in [0.25, 0.3) is 5.56 Å². The quantitative estimate of drug-likeness (QED) is 0.0975. The first-order valence-corrected chi connectivity index (χ1v) is 19.1. The van der Waals surface area contributed by atoms with Gasteiger partial charge in [0, 0.05) is 13.6 Å². The largest absolute Gasteiger partial charge is 0.485 e. The molecule has 0 fully saturated rings. The van der Waals surface area contributed by atoms with Crippen molar-refractivity contribution in [2.24, 2.45) is 7.05 Å². The summed E-state index contributed by atoms with van der Waals surface area (Å²) in [5.41, 5.74) is 5.41. The van der Waals surface area contributed by atoms with Crippen LogP contribution in [0.15, 0.2) is 174 Å². The van der Waals surface area contributed by atoms with E-state index < -0.39 is 11.2 Å². The minimum absolute atomic E-state index is 0.145. The first-order chi connectivity index (χ1) is 28.5. The van der Waals surface area contributed by atoms with Gasteiger partial charge in [-0.15, -0.1) is 0 Å². The topological polar surface area (TPSA) is 98.7 Å². The summed E-state index contributed by atoms with van der Waals surface area (Å²) in [5.74, 6) is 2.30. The van der Waals surface area contributed by atoms with Crippen molar-refractivity contribution in [3.8, 4) is 23.0 Å². The van der Waals surface area contributed by atoms with E-state index in [1.165, 1.54) is 11.6 Å². The summed E-state index contributed by atoms with van der Waals surface area (Å²) in [7, 11) is 1.49. The molecule has 8 rings (SSSR count). The first-order valence-electron chi connectivity index (χ1n) is 19.1. The maximum absolute atomic E-state index is 13.7. The highest BCUT2D eigenvalue weighted by molar-refractivity contribution is 5.70. The van der Waals surface area contributed by atoms with Crippen LogP contribution in [0.5, 0.6) is 23.0 Å². The van der Waals surface area contributed by atoms with Crippen LogP contribution in [-0.2, 0) is 46.6 Å². The zero-order valence-electron chi connectivity index (χ0n) is 32.1. The minimum atomic E-state index is -0.476. The summed E-state index contributed by atoms with van der Waals surface area (Å²) in [4.78, 5) is 32.1. The van der Waals surface area contributed by atoms with Crippen molar-refractivity contribution in [1.82, 2.24) is 18.7 Å². The fourth-order valence-electron chi connectivity index (χ4n) is 6.65. The van der Waals surface area contributed by atoms with Crippen LogP contribution >= 0.6 is 0 Å². The predicted octanol–water partition coefficient (Wildman–Crippen LogP) is 8.31. The average Bonchev–Trinajstić information content (AvgIpc) is 3.69. The molecule has 0 aliphatic rings. The van der Waals surface area contributed by atoms with Crippen LogP contribution in [0.1, 0.15) is 33.4 Å². The number of rotatable bonds is 16. The Morgan fingerprint density at radius 1 is 0.466 bits per heavy atom. The smallest absolute Gasteiger partial charge is 0.332 e. The molecule has 0 saturated heterocycles. The molecular weight excluding hydrogens is 729 g/mol. The molecule has 290 valence electrons. The summed E-state index contributed by atoms with van der Waals surface area (Å²) >= 11 is 0. The lowest BCUT2D eigenvalue weighted by atomic mass is 10.2. The molecule has 0 radical (unpaired) electrons. The number of imidazole rings is 1. The fourth-order valence-corrected chi connectivity index (χ4v) is 6.65. The van der Waals surface area contributed by atoms with E-state index in [4.69, 9.17) is 18.9 Å². The average molecular weight is 771 g/mol. The van der Waals surface area contributed by atoms with Gasteiger partial charge in [0.15, 0.2) is 34.2 Å². The molecule has 0 N–H and O–H groups in total. The van der Waals surface area contributed by atoms with Gasteiger partial charge in [-0.25, -0.2) is 9.78 Å². The van der Waals surface area contributed by atoms with Gasteiger partial charge < -0.3 is 23.5 Å². The highest BCUT2D eigenvalue weighted by atomic mass is 16.5. The van der Waals surface area contributed by atoms with Crippen molar-refractivity contribution < 1.29 is 18.9 Å². The standard InChI is InChI=1S/C48H42N4O6/c1-50-47(53)45-46(49-34-51(45)28-39-22-24-41(55-30-35-14-6-2-7-15-35)43(26-39)57-32-37-18-10-4-11-19-37)52(48(50)54)29-40-23-25-42(56-31-36-16-8-3-9-17-36)44(27-40)58-33-38-20-12-5-13-21-38/h2-27,34H,28-33H2,1H3. The molecule has 2 heterocycles. The highest BCUT2D eigenvalue weighted by Gasteiger charge is 2.19. The van der Waals surface area contributed by atoms with Gasteiger partial charge in [0.05, 0.1) is 12.9 Å². The Hall–Kier alpha value is -7.33. The molecule has 0 aliphatic heterocycles. The lowest BCUT2D eigenvalue weighted by molar-refractivity contribution is 0.255. The summed E-state index contributed by atoms with van der Waals surface area (Å²) in [6.45, 7) is 1.88. The Balaban J connectivity index is 1.08. The van der Waals surface area contributed by atoms with Crippen LogP contribution in [0, 0.1) is 0 Å². The Morgan fingerprint density at radius 2 is 0.862 bits per heavy atom. The molecule has 6 aromatic carbocycles. The van der Waals surface area contributed by atoms with Crippen molar-refractivity contribution in [3.63, 3.8) is 0 Å². The zero-order chi connectivity index (χ0) is 39.7. The minimum Gasteiger partial charge on any atom is -0.485 e. The predicted molar refractivity (Wildman–Crippen MR) is 223 cm³/mol. The summed E-state index contributed by atoms with van der Waals surface area (Å²) in [6.07, 6.45) is 1.60. The second-order valence-electron chi connectivity index (χ2n) is 13.9. The van der Waals surface area contributed by atoms with E-state index >= 15 is 0 Å². The van der Waals surface area contributed by atoms with E-state index in [1.807, 2.05) is 158 Å². The van der Waals surface area contributed by atoms with E-state index in [0.29, 0.717) is 61.5 Å². The van der Waals surface area contributed by atoms with E-state index in [-0.39, 0.29) is 12.2 Å². The summed E-state index contributed by atoms with van der Waals surface area (Å²) < 4.78 is 29.5. The molecule has 10 nitrogen and oxygen atoms in total. The van der Waals surface area contributed by atoms with Gasteiger partial charge in [-0.2, -0.15) is 0 Å². The molecule has 58 heavy (non-hydrogen) atoms. The fraction of sp³-hybridized carbons (Fsp3) is 0.146. The van der Waals surface area contributed by atoms with Crippen LogP contribution in [-0.4, -0.2) is 18.7 Å². The van der Waals surface area contributed by atoms with Crippen molar-refractivity contribution in [2.45, 2.75) is 39.5 Å². The molecule has 10 heteroatoms. The monoisotopic (exact) mass is 770 g/mol. The Kier molecular flexibility index (Phi) is 11.4. The molecule has 0 amide bonds. The van der Waals surface area contributed by atoms with Crippen LogP contribution in [0.3, 0.4) is 0 Å². The van der Waals surface area contributed by atoms with Gasteiger partial charge in [-0.3, -0.25) is 13.9 Å². The molecule has 0 spiro atoms. The third kappa shape index (κ3) is 8.87. The number of aromatic nitrogens is 4. The number of hydrogen-bond donors (Lipinski definition) is 0. The third-order valence-electron chi connectivity index (χ3n) is 9.76. The molecular formula is C48H42N4O6. The van der Waals surface area contributed by atoms with Crippen molar-refractivity contribution in [1.29, 1.82) is 0 Å². The van der Waals surface area contributed by atoms with Gasteiger partial charge in [-0.1, -0.05) is 133 Å². The Morgan fingerprint density at radius 3 is 1.29 bits per heavy atom. The summed E-state index contributed by atoms with van der Waals surface area (Å²) in [5, 5.41) is 0. The molecule has 2 aromatic heterocycles. The SMILES string of the molecule is Cn1c(=O)c2c(ncn2Cc2ccc(OCc3ccccc3)c(OCc3ccccc3)c2)n(Cc2ccc(OCc3ccccc3)c(OCc3ccccc3)c2)c1=O. The lowest BCUT2D eigenvalue weighted by Gasteiger charge is -2.16. The first kappa shape index (κ1) is 37.6. The maximum Gasteiger partial charge on any atom is 0.332 e. The highest BCUT2D eigenvalue weighted by Crippen LogP contribution is 2.32. The van der Waals surface area contributed by atoms with E-state index in [9.17, 15) is 9.59 Å². The Bertz CT molecular complexity index is 2730. The normalized spacial score (nSPS) is 11.1. The maximum atomic E-state index is 13.7. The Labute approximate surface area is 335 Å². The molecule has 0 atom stereocenters.